The molecule has 1 saturated heterocycles. The lowest BCUT2D eigenvalue weighted by Gasteiger charge is -2.28. The van der Waals surface area contributed by atoms with E-state index in [1.165, 1.54) is 11.9 Å². The van der Waals surface area contributed by atoms with Crippen LogP contribution >= 0.6 is 0 Å². The molecule has 28 heavy (non-hydrogen) atoms. The van der Waals surface area contributed by atoms with Gasteiger partial charge in [0.05, 0.1) is 19.8 Å². The highest BCUT2D eigenvalue weighted by Gasteiger charge is 2.16. The Morgan fingerprint density at radius 2 is 1.82 bits per heavy atom. The summed E-state index contributed by atoms with van der Waals surface area (Å²) in [7, 11) is 1.47. The Labute approximate surface area is 164 Å². The van der Waals surface area contributed by atoms with Crippen molar-refractivity contribution < 1.29 is 28.6 Å². The summed E-state index contributed by atoms with van der Waals surface area (Å²) < 4.78 is 15.0. The number of nitrogens with one attached hydrogen (secondary N) is 1. The monoisotopic (exact) mass is 393 g/mol. The lowest BCUT2D eigenvalue weighted by molar-refractivity contribution is -0.155. The number of carbonyl (C=O) groups excluding carboxylic acids is 3. The van der Waals surface area contributed by atoms with Gasteiger partial charge in [0.2, 0.25) is 5.91 Å². The summed E-state index contributed by atoms with van der Waals surface area (Å²) in [6.45, 7) is 4.46. The van der Waals surface area contributed by atoms with Crippen LogP contribution in [0.4, 0.5) is 11.4 Å². The molecule has 0 aliphatic carbocycles. The number of anilines is 2. The molecule has 0 radical (unpaired) electrons. The first-order chi connectivity index (χ1) is 13.5. The maximum absolute atomic E-state index is 12.1. The first-order valence-corrected chi connectivity index (χ1v) is 9.19. The molecule has 0 unspecified atom stereocenters. The van der Waals surface area contributed by atoms with Crippen molar-refractivity contribution in [3.05, 3.63) is 24.3 Å². The van der Waals surface area contributed by atoms with Crippen molar-refractivity contribution in [1.29, 1.82) is 0 Å². The van der Waals surface area contributed by atoms with Crippen LogP contribution in [0.3, 0.4) is 0 Å². The molecule has 0 aromatic heterocycles. The van der Waals surface area contributed by atoms with E-state index < -0.39 is 18.5 Å². The predicted molar refractivity (Wildman–Crippen MR) is 103 cm³/mol. The quantitative estimate of drug-likeness (QED) is 0.610. The fourth-order valence-electron chi connectivity index (χ4n) is 2.56. The number of hydrogen-bond acceptors (Lipinski definition) is 7. The number of hydrogen-bond donors (Lipinski definition) is 1. The van der Waals surface area contributed by atoms with E-state index in [2.05, 4.69) is 10.2 Å². The van der Waals surface area contributed by atoms with Crippen molar-refractivity contribution in [2.24, 2.45) is 0 Å². The van der Waals surface area contributed by atoms with Gasteiger partial charge in [-0.1, -0.05) is 0 Å². The van der Waals surface area contributed by atoms with Crippen LogP contribution in [0.1, 0.15) is 6.92 Å². The molecule has 2 rings (SSSR count). The molecule has 9 nitrogen and oxygen atoms in total. The largest absolute Gasteiger partial charge is 0.454 e. The molecule has 0 bridgehead atoms. The van der Waals surface area contributed by atoms with Crippen LogP contribution < -0.4 is 10.2 Å². The third kappa shape index (κ3) is 7.16. The summed E-state index contributed by atoms with van der Waals surface area (Å²) in [5.41, 5.74) is 1.72. The van der Waals surface area contributed by atoms with Gasteiger partial charge in [0.25, 0.3) is 5.91 Å². The van der Waals surface area contributed by atoms with E-state index in [0.717, 1.165) is 18.8 Å². The molecule has 0 atom stereocenters. The average molecular weight is 393 g/mol. The Morgan fingerprint density at radius 1 is 1.14 bits per heavy atom. The van der Waals surface area contributed by atoms with Crippen LogP contribution in [0.5, 0.6) is 0 Å². The SMILES string of the molecule is CCOCC(=O)OCC(=O)N(C)CC(=O)Nc1ccc(N2CCOCC2)cc1. The molecule has 1 aromatic carbocycles. The molecular weight excluding hydrogens is 366 g/mol. The standard InChI is InChI=1S/C19H27N3O6/c1-3-26-14-19(25)28-13-18(24)21(2)12-17(23)20-15-4-6-16(7-5-15)22-8-10-27-11-9-22/h4-7H,3,8-14H2,1-2H3,(H,20,23). The summed E-state index contributed by atoms with van der Waals surface area (Å²) in [5.74, 6) is -1.42. The highest BCUT2D eigenvalue weighted by Crippen LogP contribution is 2.19. The van der Waals surface area contributed by atoms with E-state index in [1.807, 2.05) is 24.3 Å². The number of rotatable bonds is 9. The Bertz CT molecular complexity index is 658. The topological polar surface area (TPSA) is 97.4 Å². The number of amides is 2. The van der Waals surface area contributed by atoms with E-state index in [9.17, 15) is 14.4 Å². The minimum atomic E-state index is -0.617. The van der Waals surface area contributed by atoms with Gasteiger partial charge in [-0.25, -0.2) is 4.79 Å². The third-order valence-corrected chi connectivity index (χ3v) is 4.11. The highest BCUT2D eigenvalue weighted by molar-refractivity contribution is 5.95. The van der Waals surface area contributed by atoms with Crippen molar-refractivity contribution >= 4 is 29.2 Å². The molecule has 1 N–H and O–H groups in total. The number of ether oxygens (including phenoxy) is 3. The van der Waals surface area contributed by atoms with Gasteiger partial charge >= 0.3 is 5.97 Å². The van der Waals surface area contributed by atoms with Gasteiger partial charge in [0, 0.05) is 38.1 Å². The van der Waals surface area contributed by atoms with E-state index in [1.54, 1.807) is 6.92 Å². The summed E-state index contributed by atoms with van der Waals surface area (Å²) in [4.78, 5) is 38.8. The third-order valence-electron chi connectivity index (χ3n) is 4.11. The first kappa shape index (κ1) is 21.6. The van der Waals surface area contributed by atoms with Crippen molar-refractivity contribution in [2.75, 3.05) is 69.9 Å². The van der Waals surface area contributed by atoms with Crippen molar-refractivity contribution in [1.82, 2.24) is 4.90 Å². The summed E-state index contributed by atoms with van der Waals surface area (Å²) in [6, 6.07) is 7.52. The Balaban J connectivity index is 1.74. The van der Waals surface area contributed by atoms with Gasteiger partial charge in [-0.15, -0.1) is 0 Å². The molecule has 0 saturated carbocycles. The number of esters is 1. The van der Waals surface area contributed by atoms with Crippen LogP contribution in [0.2, 0.25) is 0 Å². The van der Waals surface area contributed by atoms with E-state index in [-0.39, 0.29) is 19.1 Å². The molecule has 154 valence electrons. The Kier molecular flexibility index (Phi) is 8.70. The summed E-state index contributed by atoms with van der Waals surface area (Å²) in [6.07, 6.45) is 0. The molecule has 1 aromatic rings. The first-order valence-electron chi connectivity index (χ1n) is 9.19. The molecule has 1 aliphatic heterocycles. The van der Waals surface area contributed by atoms with Gasteiger partial charge in [-0.05, 0) is 31.2 Å². The van der Waals surface area contributed by atoms with Crippen LogP contribution in [0.25, 0.3) is 0 Å². The molecule has 0 spiro atoms. The summed E-state index contributed by atoms with van der Waals surface area (Å²) in [5, 5.41) is 2.75. The fourth-order valence-corrected chi connectivity index (χ4v) is 2.56. The molecule has 9 heteroatoms. The maximum Gasteiger partial charge on any atom is 0.332 e. The van der Waals surface area contributed by atoms with Crippen LogP contribution in [0, 0.1) is 0 Å². The number of nitrogens with zero attached hydrogens (tertiary/aromatic N) is 2. The van der Waals surface area contributed by atoms with E-state index >= 15 is 0 Å². The minimum absolute atomic E-state index is 0.146. The highest BCUT2D eigenvalue weighted by atomic mass is 16.6. The Hall–Kier alpha value is -2.65. The number of morpholine rings is 1. The second kappa shape index (κ2) is 11.3. The van der Waals surface area contributed by atoms with E-state index in [4.69, 9.17) is 14.2 Å². The Morgan fingerprint density at radius 3 is 2.46 bits per heavy atom. The predicted octanol–water partition coefficient (Wildman–Crippen LogP) is 0.500. The van der Waals surface area contributed by atoms with Crippen LogP contribution in [-0.2, 0) is 28.6 Å². The maximum atomic E-state index is 12.1. The normalized spacial score (nSPS) is 13.7. The zero-order valence-corrected chi connectivity index (χ0v) is 16.3. The fraction of sp³-hybridized carbons (Fsp3) is 0.526. The van der Waals surface area contributed by atoms with Gasteiger partial charge in [0.15, 0.2) is 6.61 Å². The second-order valence-electron chi connectivity index (χ2n) is 6.24. The summed E-state index contributed by atoms with van der Waals surface area (Å²) >= 11 is 0. The zero-order chi connectivity index (χ0) is 20.4. The molecule has 1 heterocycles. The van der Waals surface area contributed by atoms with Gasteiger partial charge in [0.1, 0.15) is 6.61 Å². The van der Waals surface area contributed by atoms with Crippen molar-refractivity contribution in [2.45, 2.75) is 6.92 Å². The van der Waals surface area contributed by atoms with Crippen LogP contribution in [-0.4, -0.2) is 82.4 Å². The van der Waals surface area contributed by atoms with Crippen LogP contribution in [0.15, 0.2) is 24.3 Å². The molecule has 1 fully saturated rings. The van der Waals surface area contributed by atoms with Gasteiger partial charge < -0.3 is 29.3 Å². The smallest absolute Gasteiger partial charge is 0.332 e. The molecule has 1 aliphatic rings. The number of likely N-dealkylation sites (N-methyl/N-ethyl adjacent to an activating group) is 1. The van der Waals surface area contributed by atoms with Gasteiger partial charge in [-0.2, -0.15) is 0 Å². The van der Waals surface area contributed by atoms with Gasteiger partial charge in [-0.3, -0.25) is 9.59 Å². The number of carbonyl (C=O) groups is 3. The second-order valence-corrected chi connectivity index (χ2v) is 6.24. The van der Waals surface area contributed by atoms with Crippen molar-refractivity contribution in [3.8, 4) is 0 Å². The lowest BCUT2D eigenvalue weighted by Crippen LogP contribution is -2.37. The lowest BCUT2D eigenvalue weighted by atomic mass is 10.2. The minimum Gasteiger partial charge on any atom is -0.454 e. The zero-order valence-electron chi connectivity index (χ0n) is 16.3. The van der Waals surface area contributed by atoms with Crippen molar-refractivity contribution in [3.63, 3.8) is 0 Å². The number of benzene rings is 1. The van der Waals surface area contributed by atoms with E-state index in [0.29, 0.717) is 25.5 Å². The molecule has 2 amide bonds. The average Bonchev–Trinajstić information content (AvgIpc) is 2.71. The molecular formula is C19H27N3O6.